The molecule has 0 amide bonds. The summed E-state index contributed by atoms with van der Waals surface area (Å²) in [5.41, 5.74) is 10.7. The van der Waals surface area contributed by atoms with Gasteiger partial charge in [0.05, 0.1) is 13.5 Å². The summed E-state index contributed by atoms with van der Waals surface area (Å²) >= 11 is 0. The van der Waals surface area contributed by atoms with Gasteiger partial charge in [-0.15, -0.1) is 12.1 Å². The molecule has 1 aliphatic carbocycles. The van der Waals surface area contributed by atoms with Gasteiger partial charge in [0.25, 0.3) is 0 Å². The highest BCUT2D eigenvalue weighted by Gasteiger charge is 2.37. The zero-order valence-electron chi connectivity index (χ0n) is 13.1. The first kappa shape index (κ1) is 12.2. The summed E-state index contributed by atoms with van der Waals surface area (Å²) in [5.74, 6) is 1.17. The highest BCUT2D eigenvalue weighted by atomic mass is 15.2. The van der Waals surface area contributed by atoms with Gasteiger partial charge in [-0.1, -0.05) is 12.1 Å². The fourth-order valence-corrected chi connectivity index (χ4v) is 4.00. The van der Waals surface area contributed by atoms with Crippen LogP contribution in [0.5, 0.6) is 0 Å². The van der Waals surface area contributed by atoms with Gasteiger partial charge in [0.1, 0.15) is 5.70 Å². The molecule has 1 aromatic carbocycles. The summed E-state index contributed by atoms with van der Waals surface area (Å²) in [4.78, 5) is 4.84. The van der Waals surface area contributed by atoms with Crippen molar-refractivity contribution in [1.82, 2.24) is 9.55 Å². The van der Waals surface area contributed by atoms with Crippen molar-refractivity contribution in [3.05, 3.63) is 64.1 Å². The molecule has 3 heterocycles. The Morgan fingerprint density at radius 2 is 2.05 bits per heavy atom. The van der Waals surface area contributed by atoms with Crippen LogP contribution in [0.25, 0.3) is 16.9 Å². The summed E-state index contributed by atoms with van der Waals surface area (Å²) in [6.07, 6.45) is 5.29. The third kappa shape index (κ3) is 1.32. The Hall–Kier alpha value is -2.42. The first-order valence-corrected chi connectivity index (χ1v) is 7.75. The lowest BCUT2D eigenvalue weighted by atomic mass is 9.98. The maximum absolute atomic E-state index is 4.84. The number of aromatic nitrogens is 3. The summed E-state index contributed by atoms with van der Waals surface area (Å²) in [7, 11) is 2.05. The van der Waals surface area contributed by atoms with E-state index in [1.807, 2.05) is 6.07 Å². The molecule has 0 saturated carbocycles. The molecule has 0 atom stereocenters. The zero-order chi connectivity index (χ0) is 15.0. The maximum Gasteiger partial charge on any atom is 0.205 e. The number of benzene rings is 1. The number of pyridine rings is 1. The van der Waals surface area contributed by atoms with Crippen molar-refractivity contribution < 1.29 is 4.57 Å². The van der Waals surface area contributed by atoms with Crippen LogP contribution in [0, 0.1) is 20.0 Å². The minimum atomic E-state index is 0.969. The second-order valence-electron chi connectivity index (χ2n) is 6.44. The molecule has 0 bridgehead atoms. The molecular formula is C19H17N3. The lowest BCUT2D eigenvalue weighted by molar-refractivity contribution is -0.651. The van der Waals surface area contributed by atoms with Crippen LogP contribution in [0.4, 0.5) is 0 Å². The smallest absolute Gasteiger partial charge is 0.205 e. The van der Waals surface area contributed by atoms with Crippen molar-refractivity contribution in [1.29, 1.82) is 0 Å². The number of hydrogen-bond donors (Lipinski definition) is 0. The molecule has 3 aromatic rings. The second kappa shape index (κ2) is 3.86. The van der Waals surface area contributed by atoms with Gasteiger partial charge in [-0.05, 0) is 42.5 Å². The minimum absolute atomic E-state index is 0.969. The van der Waals surface area contributed by atoms with Gasteiger partial charge in [0.2, 0.25) is 5.65 Å². The van der Waals surface area contributed by atoms with Crippen molar-refractivity contribution in [2.45, 2.75) is 26.7 Å². The van der Waals surface area contributed by atoms with E-state index in [4.69, 9.17) is 4.98 Å². The number of aryl methyl sites for hydroxylation is 2. The molecule has 1 aliphatic heterocycles. The number of imidazole rings is 1. The number of allylic oxidation sites excluding steroid dienone is 1. The number of fused-ring (bicyclic) bond motifs is 6. The molecular weight excluding hydrogens is 270 g/mol. The Morgan fingerprint density at radius 3 is 2.91 bits per heavy atom. The zero-order valence-corrected chi connectivity index (χ0v) is 13.1. The van der Waals surface area contributed by atoms with Crippen molar-refractivity contribution in [2.24, 2.45) is 7.05 Å². The van der Waals surface area contributed by atoms with Crippen LogP contribution in [-0.2, 0) is 19.9 Å². The van der Waals surface area contributed by atoms with E-state index in [-0.39, 0.29) is 0 Å². The first-order valence-electron chi connectivity index (χ1n) is 7.75. The molecule has 3 heteroatoms. The van der Waals surface area contributed by atoms with Crippen molar-refractivity contribution in [3.63, 3.8) is 0 Å². The van der Waals surface area contributed by atoms with E-state index in [2.05, 4.69) is 54.4 Å². The Labute approximate surface area is 129 Å². The van der Waals surface area contributed by atoms with E-state index in [0.717, 1.165) is 24.0 Å². The Bertz CT molecular complexity index is 1010. The SMILES string of the molecule is Cc1ccc2c(c1C)C1=C(C2)Cc2nc3cc[c-][n+](C)c3n21. The van der Waals surface area contributed by atoms with Crippen LogP contribution in [0.1, 0.15) is 28.1 Å². The fraction of sp³-hybridized carbons (Fsp3) is 0.263. The van der Waals surface area contributed by atoms with Crippen molar-refractivity contribution >= 4 is 16.9 Å². The first-order chi connectivity index (χ1) is 10.6. The summed E-state index contributed by atoms with van der Waals surface area (Å²) in [6, 6.07) is 8.54. The van der Waals surface area contributed by atoms with E-state index in [1.165, 1.54) is 39.3 Å². The molecule has 2 aromatic heterocycles. The molecule has 3 nitrogen and oxygen atoms in total. The van der Waals surface area contributed by atoms with E-state index >= 15 is 0 Å². The Morgan fingerprint density at radius 1 is 1.18 bits per heavy atom. The third-order valence-corrected chi connectivity index (χ3v) is 5.17. The van der Waals surface area contributed by atoms with E-state index in [1.54, 1.807) is 0 Å². The molecule has 0 saturated heterocycles. The lowest BCUT2D eigenvalue weighted by Crippen LogP contribution is -2.30. The van der Waals surface area contributed by atoms with Crippen LogP contribution in [0.3, 0.4) is 0 Å². The van der Waals surface area contributed by atoms with Crippen molar-refractivity contribution in [2.75, 3.05) is 0 Å². The number of rotatable bonds is 0. The quantitative estimate of drug-likeness (QED) is 0.460. The van der Waals surface area contributed by atoms with Crippen LogP contribution < -0.4 is 4.57 Å². The van der Waals surface area contributed by atoms with Crippen LogP contribution in [-0.4, -0.2) is 9.55 Å². The summed E-state index contributed by atoms with van der Waals surface area (Å²) < 4.78 is 4.42. The van der Waals surface area contributed by atoms with Gasteiger partial charge in [-0.2, -0.15) is 0 Å². The largest absolute Gasteiger partial charge is 0.342 e. The molecule has 5 rings (SSSR count). The predicted molar refractivity (Wildman–Crippen MR) is 85.4 cm³/mol. The van der Waals surface area contributed by atoms with Crippen LogP contribution in [0.2, 0.25) is 0 Å². The Balaban J connectivity index is 1.88. The molecule has 0 N–H and O–H groups in total. The highest BCUT2D eigenvalue weighted by Crippen LogP contribution is 2.43. The van der Waals surface area contributed by atoms with Crippen LogP contribution in [0.15, 0.2) is 29.8 Å². The van der Waals surface area contributed by atoms with Gasteiger partial charge in [-0.25, -0.2) is 9.55 Å². The van der Waals surface area contributed by atoms with E-state index in [0.29, 0.717) is 0 Å². The van der Waals surface area contributed by atoms with Gasteiger partial charge >= 0.3 is 0 Å². The normalized spacial score (nSPS) is 15.4. The second-order valence-corrected chi connectivity index (χ2v) is 6.44. The van der Waals surface area contributed by atoms with E-state index < -0.39 is 0 Å². The topological polar surface area (TPSA) is 21.7 Å². The fourth-order valence-electron chi connectivity index (χ4n) is 4.00. The average molecular weight is 287 g/mol. The molecule has 0 spiro atoms. The van der Waals surface area contributed by atoms with Crippen LogP contribution >= 0.6 is 0 Å². The highest BCUT2D eigenvalue weighted by molar-refractivity contribution is 5.87. The van der Waals surface area contributed by atoms with Crippen molar-refractivity contribution in [3.8, 4) is 0 Å². The molecule has 0 fully saturated rings. The van der Waals surface area contributed by atoms with Gasteiger partial charge in [0.15, 0.2) is 5.82 Å². The standard InChI is InChI=1S/C19H17N3/c1-11-6-7-13-9-14-10-16-20-15-5-4-8-21(3)19(15)22(16)18(14)17(13)12(11)2/h4-7H,9-10H2,1-3H3. The summed E-state index contributed by atoms with van der Waals surface area (Å²) in [6.45, 7) is 4.44. The Kier molecular flexibility index (Phi) is 2.13. The third-order valence-electron chi connectivity index (χ3n) is 5.17. The number of nitrogens with zero attached hydrogens (tertiary/aromatic N) is 3. The lowest BCUT2D eigenvalue weighted by Gasteiger charge is -2.12. The van der Waals surface area contributed by atoms with Gasteiger partial charge in [-0.3, -0.25) is 0 Å². The molecule has 2 aliphatic rings. The minimum Gasteiger partial charge on any atom is -0.342 e. The number of hydrogen-bond acceptors (Lipinski definition) is 1. The average Bonchev–Trinajstić information content (AvgIpc) is 3.10. The van der Waals surface area contributed by atoms with Gasteiger partial charge in [0, 0.05) is 17.3 Å². The monoisotopic (exact) mass is 287 g/mol. The molecule has 22 heavy (non-hydrogen) atoms. The molecule has 0 unspecified atom stereocenters. The van der Waals surface area contributed by atoms with Gasteiger partial charge < -0.3 is 4.57 Å². The predicted octanol–water partition coefficient (Wildman–Crippen LogP) is 2.65. The van der Waals surface area contributed by atoms with E-state index in [9.17, 15) is 0 Å². The maximum atomic E-state index is 4.84. The molecule has 108 valence electrons. The summed E-state index contributed by atoms with van der Waals surface area (Å²) in [5, 5.41) is 0. The molecule has 0 radical (unpaired) electrons.